The van der Waals surface area contributed by atoms with Crippen molar-refractivity contribution in [2.45, 2.75) is 40.2 Å². The second kappa shape index (κ2) is 7.99. The van der Waals surface area contributed by atoms with Gasteiger partial charge in [0, 0.05) is 12.1 Å². The van der Waals surface area contributed by atoms with Crippen molar-refractivity contribution < 1.29 is 9.53 Å². The van der Waals surface area contributed by atoms with Crippen molar-refractivity contribution in [3.63, 3.8) is 0 Å². The molecular formula is C18H23NO2S. The van der Waals surface area contributed by atoms with Crippen molar-refractivity contribution in [2.24, 2.45) is 0 Å². The molecule has 0 aliphatic carbocycles. The van der Waals surface area contributed by atoms with Gasteiger partial charge in [-0.25, -0.2) is 0 Å². The Bertz CT molecular complexity index is 634. The fourth-order valence-electron chi connectivity index (χ4n) is 2.08. The van der Waals surface area contributed by atoms with Crippen LogP contribution in [0.2, 0.25) is 0 Å². The van der Waals surface area contributed by atoms with E-state index in [4.69, 9.17) is 4.74 Å². The van der Waals surface area contributed by atoms with Crippen LogP contribution in [0.4, 0.5) is 0 Å². The third-order valence-corrected chi connectivity index (χ3v) is 4.62. The van der Waals surface area contributed by atoms with Crippen LogP contribution in [0.5, 0.6) is 5.75 Å². The van der Waals surface area contributed by atoms with E-state index in [9.17, 15) is 4.79 Å². The van der Waals surface area contributed by atoms with E-state index in [-0.39, 0.29) is 5.91 Å². The normalized spacial score (nSPS) is 10.5. The molecule has 1 aromatic carbocycles. The molecule has 3 nitrogen and oxygen atoms in total. The van der Waals surface area contributed by atoms with Crippen LogP contribution in [-0.2, 0) is 6.61 Å². The minimum Gasteiger partial charge on any atom is -0.489 e. The van der Waals surface area contributed by atoms with E-state index in [2.05, 4.69) is 32.2 Å². The summed E-state index contributed by atoms with van der Waals surface area (Å²) in [4.78, 5) is 12.7. The van der Waals surface area contributed by atoms with Gasteiger partial charge in [-0.15, -0.1) is 11.3 Å². The van der Waals surface area contributed by atoms with Gasteiger partial charge in [0.05, 0.1) is 4.88 Å². The Kier molecular flexibility index (Phi) is 6.01. The Morgan fingerprint density at radius 1 is 1.32 bits per heavy atom. The van der Waals surface area contributed by atoms with Gasteiger partial charge in [0.1, 0.15) is 12.4 Å². The van der Waals surface area contributed by atoms with E-state index in [0.717, 1.165) is 41.1 Å². The van der Waals surface area contributed by atoms with Crippen LogP contribution in [-0.4, -0.2) is 12.5 Å². The van der Waals surface area contributed by atoms with Gasteiger partial charge in [0.25, 0.3) is 5.91 Å². The van der Waals surface area contributed by atoms with Crippen LogP contribution in [0, 0.1) is 13.8 Å². The van der Waals surface area contributed by atoms with E-state index in [1.807, 2.05) is 23.6 Å². The molecule has 0 saturated carbocycles. The molecule has 0 radical (unpaired) electrons. The predicted octanol–water partition coefficient (Wildman–Crippen LogP) is 4.47. The number of amides is 1. The monoisotopic (exact) mass is 317 g/mol. The molecule has 0 aliphatic rings. The lowest BCUT2D eigenvalue weighted by Crippen LogP contribution is -2.23. The molecule has 0 fully saturated rings. The van der Waals surface area contributed by atoms with Gasteiger partial charge < -0.3 is 10.1 Å². The molecular weight excluding hydrogens is 294 g/mol. The highest BCUT2D eigenvalue weighted by Gasteiger charge is 2.09. The second-order valence-electron chi connectivity index (χ2n) is 5.42. The maximum atomic E-state index is 12.0. The number of rotatable bonds is 7. The molecule has 2 aromatic rings. The fourth-order valence-corrected chi connectivity index (χ4v) is 2.89. The van der Waals surface area contributed by atoms with Crippen LogP contribution >= 0.6 is 11.3 Å². The van der Waals surface area contributed by atoms with E-state index in [1.54, 1.807) is 0 Å². The van der Waals surface area contributed by atoms with Crippen molar-refractivity contribution in [1.29, 1.82) is 0 Å². The zero-order chi connectivity index (χ0) is 15.9. The van der Waals surface area contributed by atoms with E-state index >= 15 is 0 Å². The third kappa shape index (κ3) is 4.34. The largest absolute Gasteiger partial charge is 0.489 e. The van der Waals surface area contributed by atoms with Crippen LogP contribution in [0.15, 0.2) is 29.6 Å². The van der Waals surface area contributed by atoms with Crippen molar-refractivity contribution in [2.75, 3.05) is 6.54 Å². The van der Waals surface area contributed by atoms with Crippen LogP contribution in [0.25, 0.3) is 0 Å². The van der Waals surface area contributed by atoms with Gasteiger partial charge >= 0.3 is 0 Å². The fraction of sp³-hybridized carbons (Fsp3) is 0.389. The molecule has 1 heterocycles. The number of nitrogens with one attached hydrogen (secondary N) is 1. The number of benzene rings is 1. The highest BCUT2D eigenvalue weighted by Crippen LogP contribution is 2.23. The summed E-state index contributed by atoms with van der Waals surface area (Å²) in [7, 11) is 0. The number of carbonyl (C=O) groups is 1. The van der Waals surface area contributed by atoms with Crippen molar-refractivity contribution in [3.8, 4) is 5.75 Å². The molecule has 22 heavy (non-hydrogen) atoms. The highest BCUT2D eigenvalue weighted by atomic mass is 32.1. The van der Waals surface area contributed by atoms with Crippen molar-refractivity contribution in [1.82, 2.24) is 5.32 Å². The number of hydrogen-bond donors (Lipinski definition) is 1. The van der Waals surface area contributed by atoms with Crippen LogP contribution in [0.1, 0.15) is 46.1 Å². The van der Waals surface area contributed by atoms with Gasteiger partial charge in [0.15, 0.2) is 0 Å². The second-order valence-corrected chi connectivity index (χ2v) is 6.33. The summed E-state index contributed by atoms with van der Waals surface area (Å²) in [6.45, 7) is 7.47. The predicted molar refractivity (Wildman–Crippen MR) is 91.8 cm³/mol. The average Bonchev–Trinajstić information content (AvgIpc) is 2.98. The van der Waals surface area contributed by atoms with Gasteiger partial charge in [0.2, 0.25) is 0 Å². The Morgan fingerprint density at radius 3 is 2.91 bits per heavy atom. The lowest BCUT2D eigenvalue weighted by Gasteiger charge is -2.09. The Balaban J connectivity index is 1.92. The summed E-state index contributed by atoms with van der Waals surface area (Å²) in [6, 6.07) is 7.97. The van der Waals surface area contributed by atoms with Gasteiger partial charge in [-0.3, -0.25) is 4.79 Å². The Labute approximate surface area is 136 Å². The molecule has 0 spiro atoms. The Hall–Kier alpha value is -1.81. The number of thiophene rings is 1. The van der Waals surface area contributed by atoms with Gasteiger partial charge in [-0.1, -0.05) is 25.5 Å². The third-order valence-electron chi connectivity index (χ3n) is 3.64. The SMILES string of the molecule is CCCCNC(=O)c1cc(COc2cccc(C)c2C)cs1. The van der Waals surface area contributed by atoms with Crippen molar-refractivity contribution >= 4 is 17.2 Å². The standard InChI is InChI=1S/C18H23NO2S/c1-4-5-9-19-18(20)17-10-15(12-22-17)11-21-16-8-6-7-13(2)14(16)3/h6-8,10,12H,4-5,9,11H2,1-3H3,(H,19,20). The van der Waals surface area contributed by atoms with Gasteiger partial charge in [-0.05, 0) is 48.9 Å². The first-order valence-corrected chi connectivity index (χ1v) is 8.54. The minimum atomic E-state index is 0.0106. The Morgan fingerprint density at radius 2 is 2.14 bits per heavy atom. The molecule has 0 bridgehead atoms. The first kappa shape index (κ1) is 16.6. The number of aryl methyl sites for hydroxylation is 1. The summed E-state index contributed by atoms with van der Waals surface area (Å²) in [5, 5.41) is 4.92. The summed E-state index contributed by atoms with van der Waals surface area (Å²) < 4.78 is 5.87. The molecule has 0 aliphatic heterocycles. The van der Waals surface area contributed by atoms with Gasteiger partial charge in [-0.2, -0.15) is 0 Å². The smallest absolute Gasteiger partial charge is 0.261 e. The average molecular weight is 317 g/mol. The molecule has 1 N–H and O–H groups in total. The first-order chi connectivity index (χ1) is 10.6. The minimum absolute atomic E-state index is 0.0106. The molecule has 2 rings (SSSR count). The molecule has 118 valence electrons. The number of carbonyl (C=O) groups excluding carboxylic acids is 1. The highest BCUT2D eigenvalue weighted by molar-refractivity contribution is 7.12. The topological polar surface area (TPSA) is 38.3 Å². The molecule has 1 amide bonds. The van der Waals surface area contributed by atoms with E-state index < -0.39 is 0 Å². The molecule has 1 aromatic heterocycles. The molecule has 0 saturated heterocycles. The zero-order valence-electron chi connectivity index (χ0n) is 13.4. The maximum Gasteiger partial charge on any atom is 0.261 e. The van der Waals surface area contributed by atoms with E-state index in [1.165, 1.54) is 16.9 Å². The van der Waals surface area contributed by atoms with E-state index in [0.29, 0.717) is 6.61 Å². The zero-order valence-corrected chi connectivity index (χ0v) is 14.3. The lowest BCUT2D eigenvalue weighted by molar-refractivity contribution is 0.0957. The lowest BCUT2D eigenvalue weighted by atomic mass is 10.1. The summed E-state index contributed by atoms with van der Waals surface area (Å²) in [5.41, 5.74) is 3.42. The molecule has 0 unspecified atom stereocenters. The number of unbranched alkanes of at least 4 members (excludes halogenated alkanes) is 1. The molecule has 4 heteroatoms. The first-order valence-electron chi connectivity index (χ1n) is 7.66. The van der Waals surface area contributed by atoms with Crippen LogP contribution in [0.3, 0.4) is 0 Å². The molecule has 0 atom stereocenters. The quantitative estimate of drug-likeness (QED) is 0.765. The maximum absolute atomic E-state index is 12.0. The van der Waals surface area contributed by atoms with Crippen molar-refractivity contribution in [3.05, 3.63) is 51.2 Å². The van der Waals surface area contributed by atoms with Crippen LogP contribution < -0.4 is 10.1 Å². The summed E-state index contributed by atoms with van der Waals surface area (Å²) in [5.74, 6) is 0.914. The summed E-state index contributed by atoms with van der Waals surface area (Å²) >= 11 is 1.47. The number of ether oxygens (including phenoxy) is 1. The summed E-state index contributed by atoms with van der Waals surface area (Å²) in [6.07, 6.45) is 2.10. The number of hydrogen-bond acceptors (Lipinski definition) is 3.